The van der Waals surface area contributed by atoms with E-state index in [1.807, 2.05) is 0 Å². The highest BCUT2D eigenvalue weighted by Gasteiger charge is 2.14. The molecule has 0 aromatic heterocycles. The van der Waals surface area contributed by atoms with Crippen molar-refractivity contribution in [3.63, 3.8) is 0 Å². The largest absolute Gasteiger partial charge is 0.314 e. The fraction of sp³-hybridized carbons (Fsp3) is 0.867. The van der Waals surface area contributed by atoms with Crippen molar-refractivity contribution in [2.24, 2.45) is 0 Å². The Morgan fingerprint density at radius 3 is 2.68 bits per heavy atom. The molecule has 0 aliphatic heterocycles. The first-order chi connectivity index (χ1) is 9.07. The molecule has 1 atom stereocenters. The van der Waals surface area contributed by atoms with Gasteiger partial charge in [0.25, 0.3) is 0 Å². The molecule has 0 spiro atoms. The summed E-state index contributed by atoms with van der Waals surface area (Å²) in [6, 6.07) is 0.446. The van der Waals surface area contributed by atoms with Crippen LogP contribution in [0.2, 0.25) is 0 Å². The zero-order chi connectivity index (χ0) is 14.1. The maximum absolute atomic E-state index is 11.5. The number of rotatable bonds is 9. The zero-order valence-electron chi connectivity index (χ0n) is 12.5. The Bertz CT molecular complexity index is 374. The number of sulfone groups is 1. The topological polar surface area (TPSA) is 46.2 Å². The summed E-state index contributed by atoms with van der Waals surface area (Å²) < 4.78 is 23.0. The van der Waals surface area contributed by atoms with Crippen molar-refractivity contribution < 1.29 is 8.42 Å². The average Bonchev–Trinajstić information content (AvgIpc) is 2.40. The van der Waals surface area contributed by atoms with Crippen LogP contribution in [0.25, 0.3) is 0 Å². The fourth-order valence-electron chi connectivity index (χ4n) is 2.67. The minimum Gasteiger partial charge on any atom is -0.314 e. The van der Waals surface area contributed by atoms with Crippen LogP contribution in [0.1, 0.15) is 58.8 Å². The summed E-state index contributed by atoms with van der Waals surface area (Å²) in [4.78, 5) is 0. The Kier molecular flexibility index (Phi) is 7.69. The molecule has 0 aromatic rings. The standard InChI is InChI=1S/C15H29NO2S/c1-3-16-15(11-8-12-19(17,18)4-2)13-14-9-6-5-7-10-14/h9,15-16H,3-8,10-13H2,1-2H3. The van der Waals surface area contributed by atoms with Crippen molar-refractivity contribution in [1.29, 1.82) is 0 Å². The van der Waals surface area contributed by atoms with Gasteiger partial charge in [-0.2, -0.15) is 0 Å². The van der Waals surface area contributed by atoms with Gasteiger partial charge >= 0.3 is 0 Å². The van der Waals surface area contributed by atoms with Crippen LogP contribution in [0.5, 0.6) is 0 Å². The van der Waals surface area contributed by atoms with Crippen LogP contribution in [0.15, 0.2) is 11.6 Å². The summed E-state index contributed by atoms with van der Waals surface area (Å²) in [5.74, 6) is 0.606. The van der Waals surface area contributed by atoms with E-state index in [9.17, 15) is 8.42 Å². The molecule has 0 aromatic carbocycles. The number of hydrogen-bond acceptors (Lipinski definition) is 3. The fourth-order valence-corrected chi connectivity index (χ4v) is 3.56. The molecule has 3 nitrogen and oxygen atoms in total. The Morgan fingerprint density at radius 2 is 2.11 bits per heavy atom. The molecule has 0 amide bonds. The number of hydrogen-bond donors (Lipinski definition) is 1. The predicted octanol–water partition coefficient (Wildman–Crippen LogP) is 3.07. The summed E-state index contributed by atoms with van der Waals surface area (Å²) in [6.07, 6.45) is 10.3. The van der Waals surface area contributed by atoms with Crippen LogP contribution in [-0.4, -0.2) is 32.5 Å². The molecule has 112 valence electrons. The summed E-state index contributed by atoms with van der Waals surface area (Å²) in [5, 5.41) is 3.50. The normalized spacial score (nSPS) is 18.1. The molecule has 0 bridgehead atoms. The van der Waals surface area contributed by atoms with Gasteiger partial charge in [-0.1, -0.05) is 25.5 Å². The van der Waals surface area contributed by atoms with Crippen molar-refractivity contribution in [3.8, 4) is 0 Å². The Labute approximate surface area is 118 Å². The van der Waals surface area contributed by atoms with Gasteiger partial charge in [0.2, 0.25) is 0 Å². The Balaban J connectivity index is 2.37. The van der Waals surface area contributed by atoms with E-state index >= 15 is 0 Å². The summed E-state index contributed by atoms with van der Waals surface area (Å²) >= 11 is 0. The Morgan fingerprint density at radius 1 is 1.32 bits per heavy atom. The van der Waals surface area contributed by atoms with Crippen LogP contribution in [-0.2, 0) is 9.84 Å². The highest BCUT2D eigenvalue weighted by molar-refractivity contribution is 7.91. The quantitative estimate of drug-likeness (QED) is 0.663. The van der Waals surface area contributed by atoms with Crippen LogP contribution in [0, 0.1) is 0 Å². The molecule has 4 heteroatoms. The van der Waals surface area contributed by atoms with Crippen molar-refractivity contribution in [3.05, 3.63) is 11.6 Å². The predicted molar refractivity (Wildman–Crippen MR) is 82.2 cm³/mol. The molecule has 0 saturated carbocycles. The maximum atomic E-state index is 11.5. The summed E-state index contributed by atoms with van der Waals surface area (Å²) in [7, 11) is -2.81. The minimum absolute atomic E-state index is 0.268. The van der Waals surface area contributed by atoms with E-state index in [2.05, 4.69) is 18.3 Å². The van der Waals surface area contributed by atoms with Gasteiger partial charge in [-0.15, -0.1) is 0 Å². The second-order valence-electron chi connectivity index (χ2n) is 5.45. The molecule has 0 fully saturated rings. The van der Waals surface area contributed by atoms with E-state index in [0.717, 1.165) is 25.8 Å². The zero-order valence-corrected chi connectivity index (χ0v) is 13.3. The van der Waals surface area contributed by atoms with E-state index in [-0.39, 0.29) is 5.75 Å². The van der Waals surface area contributed by atoms with Crippen LogP contribution in [0.3, 0.4) is 0 Å². The van der Waals surface area contributed by atoms with Gasteiger partial charge in [0, 0.05) is 11.8 Å². The monoisotopic (exact) mass is 287 g/mol. The van der Waals surface area contributed by atoms with Crippen LogP contribution < -0.4 is 5.32 Å². The van der Waals surface area contributed by atoms with Gasteiger partial charge < -0.3 is 5.32 Å². The first-order valence-corrected chi connectivity index (χ1v) is 9.51. The lowest BCUT2D eigenvalue weighted by atomic mass is 9.93. The summed E-state index contributed by atoms with van der Waals surface area (Å²) in [5.41, 5.74) is 1.57. The van der Waals surface area contributed by atoms with Crippen molar-refractivity contribution in [1.82, 2.24) is 5.32 Å². The maximum Gasteiger partial charge on any atom is 0.150 e. The van der Waals surface area contributed by atoms with Gasteiger partial charge in [0.15, 0.2) is 0 Å². The van der Waals surface area contributed by atoms with Gasteiger partial charge in [0.1, 0.15) is 9.84 Å². The lowest BCUT2D eigenvalue weighted by molar-refractivity contribution is 0.472. The molecule has 1 rings (SSSR count). The molecule has 0 radical (unpaired) electrons. The van der Waals surface area contributed by atoms with Crippen molar-refractivity contribution in [2.45, 2.75) is 64.8 Å². The molecule has 19 heavy (non-hydrogen) atoms. The third kappa shape index (κ3) is 7.11. The lowest BCUT2D eigenvalue weighted by Gasteiger charge is -2.21. The minimum atomic E-state index is -2.81. The number of nitrogens with one attached hydrogen (secondary N) is 1. The van der Waals surface area contributed by atoms with Gasteiger partial charge in [-0.25, -0.2) is 8.42 Å². The third-order valence-electron chi connectivity index (χ3n) is 3.83. The van der Waals surface area contributed by atoms with Crippen LogP contribution >= 0.6 is 0 Å². The molecule has 0 saturated heterocycles. The first kappa shape index (κ1) is 16.7. The number of allylic oxidation sites excluding steroid dienone is 1. The molecule has 1 N–H and O–H groups in total. The van der Waals surface area contributed by atoms with Crippen molar-refractivity contribution in [2.75, 3.05) is 18.1 Å². The van der Waals surface area contributed by atoms with Gasteiger partial charge in [-0.3, -0.25) is 0 Å². The van der Waals surface area contributed by atoms with E-state index in [0.29, 0.717) is 11.8 Å². The lowest BCUT2D eigenvalue weighted by Crippen LogP contribution is -2.30. The Hall–Kier alpha value is -0.350. The first-order valence-electron chi connectivity index (χ1n) is 7.69. The van der Waals surface area contributed by atoms with Gasteiger partial charge in [0.05, 0.1) is 5.75 Å². The second-order valence-corrected chi connectivity index (χ2v) is 7.92. The summed E-state index contributed by atoms with van der Waals surface area (Å²) in [6.45, 7) is 4.80. The van der Waals surface area contributed by atoms with E-state index in [1.165, 1.54) is 25.7 Å². The second kappa shape index (κ2) is 8.75. The van der Waals surface area contributed by atoms with Crippen LogP contribution in [0.4, 0.5) is 0 Å². The smallest absolute Gasteiger partial charge is 0.150 e. The highest BCUT2D eigenvalue weighted by atomic mass is 32.2. The van der Waals surface area contributed by atoms with Gasteiger partial charge in [-0.05, 0) is 51.5 Å². The molecule has 0 heterocycles. The van der Waals surface area contributed by atoms with Crippen molar-refractivity contribution >= 4 is 9.84 Å². The molecular formula is C15H29NO2S. The van der Waals surface area contributed by atoms with E-state index in [1.54, 1.807) is 12.5 Å². The van der Waals surface area contributed by atoms with E-state index < -0.39 is 9.84 Å². The molecular weight excluding hydrogens is 258 g/mol. The molecule has 1 aliphatic rings. The average molecular weight is 287 g/mol. The third-order valence-corrected chi connectivity index (χ3v) is 5.62. The van der Waals surface area contributed by atoms with E-state index in [4.69, 9.17) is 0 Å². The molecule has 1 aliphatic carbocycles. The molecule has 1 unspecified atom stereocenters. The SMILES string of the molecule is CCNC(CCCS(=O)(=O)CC)CC1=CCCCC1. The highest BCUT2D eigenvalue weighted by Crippen LogP contribution is 2.22.